The summed E-state index contributed by atoms with van der Waals surface area (Å²) in [6.07, 6.45) is 3.40. The van der Waals surface area contributed by atoms with Gasteiger partial charge >= 0.3 is 0 Å². The van der Waals surface area contributed by atoms with Gasteiger partial charge in [0.25, 0.3) is 5.91 Å². The Labute approximate surface area is 164 Å². The first-order valence-electron chi connectivity index (χ1n) is 9.38. The maximum absolute atomic E-state index is 12.7. The van der Waals surface area contributed by atoms with Crippen LogP contribution in [0.25, 0.3) is 5.69 Å². The number of carbonyl (C=O) groups excluding carboxylic acids is 1. The lowest BCUT2D eigenvalue weighted by atomic mass is 10.2. The van der Waals surface area contributed by atoms with Crippen molar-refractivity contribution in [1.29, 1.82) is 0 Å². The van der Waals surface area contributed by atoms with Crippen LogP contribution in [0.4, 0.5) is 5.82 Å². The fraction of sp³-hybridized carbons (Fsp3) is 0.286. The molecule has 1 aliphatic rings. The number of nitrogens with one attached hydrogen (secondary N) is 1. The Morgan fingerprint density at radius 2 is 1.96 bits per heavy atom. The smallest absolute Gasteiger partial charge is 0.255 e. The number of benzene rings is 1. The molecule has 1 aliphatic heterocycles. The summed E-state index contributed by atoms with van der Waals surface area (Å²) in [6.45, 7) is 5.44. The lowest BCUT2D eigenvalue weighted by Gasteiger charge is -2.28. The number of morpholine rings is 1. The van der Waals surface area contributed by atoms with Gasteiger partial charge in [-0.15, -0.1) is 0 Å². The molecule has 0 unspecified atom stereocenters. The van der Waals surface area contributed by atoms with Gasteiger partial charge in [-0.2, -0.15) is 5.10 Å². The number of rotatable bonds is 5. The Balaban J connectivity index is 1.43. The second-order valence-electron chi connectivity index (χ2n) is 6.70. The van der Waals surface area contributed by atoms with Crippen molar-refractivity contribution in [1.82, 2.24) is 20.1 Å². The number of pyridine rings is 1. The zero-order valence-electron chi connectivity index (χ0n) is 15.8. The van der Waals surface area contributed by atoms with Crippen molar-refractivity contribution in [2.45, 2.75) is 13.5 Å². The van der Waals surface area contributed by atoms with Crippen molar-refractivity contribution in [3.8, 4) is 5.69 Å². The van der Waals surface area contributed by atoms with Crippen LogP contribution in [0, 0.1) is 6.92 Å². The van der Waals surface area contributed by atoms with E-state index >= 15 is 0 Å². The third-order valence-electron chi connectivity index (χ3n) is 4.85. The highest BCUT2D eigenvalue weighted by Crippen LogP contribution is 2.16. The molecule has 1 amide bonds. The van der Waals surface area contributed by atoms with Crippen LogP contribution in [0.2, 0.25) is 0 Å². The normalized spacial score (nSPS) is 14.1. The van der Waals surface area contributed by atoms with Crippen molar-refractivity contribution < 1.29 is 9.53 Å². The molecule has 3 heterocycles. The molecule has 3 aromatic rings. The minimum atomic E-state index is -0.135. The molecule has 0 spiro atoms. The van der Waals surface area contributed by atoms with Crippen molar-refractivity contribution >= 4 is 11.7 Å². The van der Waals surface area contributed by atoms with Gasteiger partial charge in [0, 0.05) is 25.8 Å². The van der Waals surface area contributed by atoms with Gasteiger partial charge in [-0.05, 0) is 36.8 Å². The van der Waals surface area contributed by atoms with Gasteiger partial charge in [0.1, 0.15) is 5.82 Å². The van der Waals surface area contributed by atoms with E-state index in [0.717, 1.165) is 35.9 Å². The molecule has 0 saturated carbocycles. The monoisotopic (exact) mass is 377 g/mol. The van der Waals surface area contributed by atoms with Gasteiger partial charge in [0.05, 0.1) is 36.4 Å². The Morgan fingerprint density at radius 1 is 1.18 bits per heavy atom. The van der Waals surface area contributed by atoms with Gasteiger partial charge in [-0.3, -0.25) is 4.79 Å². The Bertz CT molecular complexity index is 948. The summed E-state index contributed by atoms with van der Waals surface area (Å²) in [4.78, 5) is 19.3. The molecule has 1 aromatic carbocycles. The predicted octanol–water partition coefficient (Wildman–Crippen LogP) is 2.34. The van der Waals surface area contributed by atoms with E-state index in [1.54, 1.807) is 17.1 Å². The summed E-state index contributed by atoms with van der Waals surface area (Å²) in [5, 5.41) is 7.35. The summed E-state index contributed by atoms with van der Waals surface area (Å²) in [5.41, 5.74) is 3.33. The molecular weight excluding hydrogens is 354 g/mol. The number of carbonyl (C=O) groups is 1. The fourth-order valence-corrected chi connectivity index (χ4v) is 3.28. The number of nitrogens with zero attached hydrogens (tertiary/aromatic N) is 4. The first-order chi connectivity index (χ1) is 13.7. The number of anilines is 1. The zero-order valence-corrected chi connectivity index (χ0v) is 15.8. The molecule has 0 atom stereocenters. The lowest BCUT2D eigenvalue weighted by molar-refractivity contribution is 0.0950. The van der Waals surface area contributed by atoms with Gasteiger partial charge in [0.15, 0.2) is 0 Å². The highest BCUT2D eigenvalue weighted by molar-refractivity contribution is 5.95. The third kappa shape index (κ3) is 3.89. The average molecular weight is 377 g/mol. The van der Waals surface area contributed by atoms with Crippen LogP contribution < -0.4 is 10.2 Å². The molecule has 28 heavy (non-hydrogen) atoms. The van der Waals surface area contributed by atoms with E-state index in [2.05, 4.69) is 20.3 Å². The van der Waals surface area contributed by atoms with Gasteiger partial charge < -0.3 is 15.0 Å². The molecule has 7 nitrogen and oxygen atoms in total. The van der Waals surface area contributed by atoms with Crippen molar-refractivity contribution in [3.63, 3.8) is 0 Å². The minimum absolute atomic E-state index is 0.135. The van der Waals surface area contributed by atoms with Crippen LogP contribution in [0.1, 0.15) is 21.6 Å². The highest BCUT2D eigenvalue weighted by Gasteiger charge is 2.16. The predicted molar refractivity (Wildman–Crippen MR) is 107 cm³/mol. The molecule has 144 valence electrons. The van der Waals surface area contributed by atoms with E-state index in [0.29, 0.717) is 25.3 Å². The Morgan fingerprint density at radius 3 is 2.75 bits per heavy atom. The van der Waals surface area contributed by atoms with Crippen molar-refractivity contribution in [2.24, 2.45) is 0 Å². The molecular formula is C21H23N5O2. The minimum Gasteiger partial charge on any atom is -0.378 e. The third-order valence-corrected chi connectivity index (χ3v) is 4.85. The topological polar surface area (TPSA) is 72.3 Å². The number of amides is 1. The largest absolute Gasteiger partial charge is 0.378 e. The summed E-state index contributed by atoms with van der Waals surface area (Å²) in [6, 6.07) is 13.7. The molecule has 1 fully saturated rings. The van der Waals surface area contributed by atoms with Crippen LogP contribution in [-0.4, -0.2) is 47.0 Å². The van der Waals surface area contributed by atoms with Gasteiger partial charge in [-0.1, -0.05) is 18.2 Å². The molecule has 7 heteroatoms. The Kier molecular flexibility index (Phi) is 5.34. The first-order valence-corrected chi connectivity index (χ1v) is 9.38. The quantitative estimate of drug-likeness (QED) is 0.739. The standard InChI is InChI=1S/C21H23N5O2/c1-16-19(15-24-26(16)18-5-3-2-4-6-18)21(27)23-14-17-7-8-22-20(13-17)25-9-11-28-12-10-25/h2-8,13,15H,9-12,14H2,1H3,(H,23,27). The maximum atomic E-state index is 12.7. The van der Waals surface area contributed by atoms with E-state index in [9.17, 15) is 4.79 Å². The van der Waals surface area contributed by atoms with Gasteiger partial charge in [0.2, 0.25) is 0 Å². The fourth-order valence-electron chi connectivity index (χ4n) is 3.28. The van der Waals surface area contributed by atoms with E-state index < -0.39 is 0 Å². The molecule has 0 radical (unpaired) electrons. The van der Waals surface area contributed by atoms with Gasteiger partial charge in [-0.25, -0.2) is 9.67 Å². The van der Waals surface area contributed by atoms with Crippen molar-refractivity contribution in [2.75, 3.05) is 31.2 Å². The number of hydrogen-bond donors (Lipinski definition) is 1. The first kappa shape index (κ1) is 18.2. The number of aromatic nitrogens is 3. The average Bonchev–Trinajstić information content (AvgIpc) is 3.15. The number of para-hydroxylation sites is 1. The van der Waals surface area contributed by atoms with Crippen LogP contribution in [0.5, 0.6) is 0 Å². The summed E-state index contributed by atoms with van der Waals surface area (Å²) >= 11 is 0. The van der Waals surface area contributed by atoms with Crippen LogP contribution in [0.15, 0.2) is 54.9 Å². The second kappa shape index (κ2) is 8.22. The van der Waals surface area contributed by atoms with Crippen LogP contribution >= 0.6 is 0 Å². The van der Waals surface area contributed by atoms with E-state index in [4.69, 9.17) is 4.74 Å². The van der Waals surface area contributed by atoms with E-state index in [-0.39, 0.29) is 5.91 Å². The molecule has 0 aliphatic carbocycles. The van der Waals surface area contributed by atoms with Crippen LogP contribution in [0.3, 0.4) is 0 Å². The molecule has 2 aromatic heterocycles. The molecule has 4 rings (SSSR count). The number of ether oxygens (including phenoxy) is 1. The Hall–Kier alpha value is -3.19. The summed E-state index contributed by atoms with van der Waals surface area (Å²) in [7, 11) is 0. The van der Waals surface area contributed by atoms with Crippen molar-refractivity contribution in [3.05, 3.63) is 71.7 Å². The summed E-state index contributed by atoms with van der Waals surface area (Å²) in [5.74, 6) is 0.785. The highest BCUT2D eigenvalue weighted by atomic mass is 16.5. The van der Waals surface area contributed by atoms with Crippen LogP contribution in [-0.2, 0) is 11.3 Å². The number of hydrogen-bond acceptors (Lipinski definition) is 5. The molecule has 1 saturated heterocycles. The molecule has 1 N–H and O–H groups in total. The SMILES string of the molecule is Cc1c(C(=O)NCc2ccnc(N3CCOCC3)c2)cnn1-c1ccccc1. The summed E-state index contributed by atoms with van der Waals surface area (Å²) < 4.78 is 7.17. The lowest BCUT2D eigenvalue weighted by Crippen LogP contribution is -2.36. The maximum Gasteiger partial charge on any atom is 0.255 e. The van der Waals surface area contributed by atoms with E-state index in [1.807, 2.05) is 49.4 Å². The zero-order chi connectivity index (χ0) is 19.3. The van der Waals surface area contributed by atoms with E-state index in [1.165, 1.54) is 0 Å². The second-order valence-corrected chi connectivity index (χ2v) is 6.70. The molecule has 0 bridgehead atoms.